The van der Waals surface area contributed by atoms with Gasteiger partial charge in [0, 0.05) is 37.9 Å². The zero-order valence-corrected chi connectivity index (χ0v) is 35.1. The second kappa shape index (κ2) is 15.7. The number of nitrogens with one attached hydrogen (secondary N) is 1. The molecule has 1 saturated carbocycles. The Labute approximate surface area is 359 Å². The zero-order valence-electron chi connectivity index (χ0n) is 33.5. The zero-order chi connectivity index (χ0) is 42.6. The van der Waals surface area contributed by atoms with Crippen molar-refractivity contribution in [3.05, 3.63) is 143 Å². The molecule has 0 bridgehead atoms. The van der Waals surface area contributed by atoms with Crippen molar-refractivity contribution in [2.75, 3.05) is 44.3 Å². The van der Waals surface area contributed by atoms with E-state index in [1.54, 1.807) is 17.3 Å². The summed E-state index contributed by atoms with van der Waals surface area (Å²) in [5.74, 6) is -0.0753. The number of sulfonamides is 1. The van der Waals surface area contributed by atoms with Crippen LogP contribution < -0.4 is 14.4 Å². The summed E-state index contributed by atoms with van der Waals surface area (Å²) in [6.45, 7) is 3.72. The first-order chi connectivity index (χ1) is 30.0. The molecule has 7 aromatic rings. The van der Waals surface area contributed by atoms with Crippen LogP contribution in [-0.4, -0.2) is 99.8 Å². The second-order valence-electron chi connectivity index (χ2n) is 16.0. The first-order valence-corrected chi connectivity index (χ1v) is 22.5. The van der Waals surface area contributed by atoms with Crippen LogP contribution in [0.5, 0.6) is 5.88 Å². The van der Waals surface area contributed by atoms with Crippen molar-refractivity contribution in [3.8, 4) is 11.0 Å². The highest BCUT2D eigenvalue weighted by Crippen LogP contribution is 2.43. The fraction of sp³-hybridized carbons (Fsp3) is 0.295. The van der Waals surface area contributed by atoms with Crippen LogP contribution in [0.25, 0.3) is 16.0 Å². The van der Waals surface area contributed by atoms with Gasteiger partial charge in [0.25, 0.3) is 12.3 Å². The number of carbonyl (C=O) groups is 1. The Morgan fingerprint density at radius 2 is 1.52 bits per heavy atom. The smallest absolute Gasteiger partial charge is 0.291 e. The number of piperazine rings is 1. The highest BCUT2D eigenvalue weighted by atomic mass is 32.2. The van der Waals surface area contributed by atoms with E-state index in [2.05, 4.69) is 56.4 Å². The molecule has 10 rings (SSSR count). The Morgan fingerprint density at radius 1 is 0.903 bits per heavy atom. The standard InChI is InChI=1S/C44H41F2N9O5S2/c1-43(17-18-43)51-62(57,58)33-23-35(37-36(24-33)55(42-49-48-40(61-42)38(45)46)50-39(37)60-32-26-59-27-32)52-19-21-53(22-20-52)41(56)34-25-54(28-47-34)44(29-11-5-2-6-12-29,30-13-7-3-8-14-30)31-15-9-4-10-16-31/h2-16,23-25,28,32,38,51H,17-22,26-27H2,1H3. The number of hydrogen-bond acceptors (Lipinski definition) is 11. The molecule has 18 heteroatoms. The molecule has 0 radical (unpaired) electrons. The van der Waals surface area contributed by atoms with Crippen LogP contribution in [0.2, 0.25) is 0 Å². The molecule has 1 N–H and O–H groups in total. The molecule has 5 heterocycles. The fourth-order valence-electron chi connectivity index (χ4n) is 8.23. The minimum Gasteiger partial charge on any atom is -0.468 e. The molecule has 318 valence electrons. The molecule has 14 nitrogen and oxygen atoms in total. The molecule has 4 aromatic carbocycles. The summed E-state index contributed by atoms with van der Waals surface area (Å²) >= 11 is 0.654. The van der Waals surface area contributed by atoms with Gasteiger partial charge in [-0.05, 0) is 48.6 Å². The van der Waals surface area contributed by atoms with Gasteiger partial charge in [-0.2, -0.15) is 0 Å². The van der Waals surface area contributed by atoms with Gasteiger partial charge in [-0.15, -0.1) is 15.3 Å². The summed E-state index contributed by atoms with van der Waals surface area (Å²) < 4.78 is 73.2. The molecule has 1 amide bonds. The van der Waals surface area contributed by atoms with Crippen molar-refractivity contribution in [1.82, 2.24) is 39.2 Å². The van der Waals surface area contributed by atoms with Crippen molar-refractivity contribution in [1.29, 1.82) is 0 Å². The summed E-state index contributed by atoms with van der Waals surface area (Å²) in [6.07, 6.45) is 1.74. The van der Waals surface area contributed by atoms with Crippen LogP contribution in [0.1, 0.15) is 58.4 Å². The second-order valence-corrected chi connectivity index (χ2v) is 18.6. The monoisotopic (exact) mass is 877 g/mol. The van der Waals surface area contributed by atoms with Crippen LogP contribution in [-0.2, 0) is 20.3 Å². The Balaban J connectivity index is 0.999. The number of halogens is 2. The molecule has 0 spiro atoms. The number of rotatable bonds is 13. The van der Waals surface area contributed by atoms with Gasteiger partial charge in [0.1, 0.15) is 17.3 Å². The van der Waals surface area contributed by atoms with Gasteiger partial charge in [0.15, 0.2) is 5.01 Å². The largest absolute Gasteiger partial charge is 0.468 e. The Bertz CT molecular complexity index is 2760. The molecule has 0 unspecified atom stereocenters. The molecule has 2 aliphatic heterocycles. The molecule has 3 fully saturated rings. The first kappa shape index (κ1) is 40.0. The number of imidazole rings is 1. The van der Waals surface area contributed by atoms with Crippen molar-refractivity contribution in [3.63, 3.8) is 0 Å². The maximum atomic E-state index is 14.4. The summed E-state index contributed by atoms with van der Waals surface area (Å²) in [7, 11) is -4.06. The fourth-order valence-corrected chi connectivity index (χ4v) is 10.4. The maximum absolute atomic E-state index is 14.4. The molecule has 3 aromatic heterocycles. The van der Waals surface area contributed by atoms with Gasteiger partial charge in [-0.3, -0.25) is 4.79 Å². The Morgan fingerprint density at radius 3 is 2.05 bits per heavy atom. The average molecular weight is 878 g/mol. The molecule has 3 aliphatic rings. The maximum Gasteiger partial charge on any atom is 0.291 e. The summed E-state index contributed by atoms with van der Waals surface area (Å²) in [4.78, 5) is 22.8. The third-order valence-electron chi connectivity index (χ3n) is 11.7. The van der Waals surface area contributed by atoms with Gasteiger partial charge in [-0.25, -0.2) is 31.6 Å². The lowest BCUT2D eigenvalue weighted by Gasteiger charge is -2.37. The van der Waals surface area contributed by atoms with Gasteiger partial charge >= 0.3 is 0 Å². The van der Waals surface area contributed by atoms with E-state index in [0.717, 1.165) is 16.7 Å². The van der Waals surface area contributed by atoms with Crippen LogP contribution in [0, 0.1) is 0 Å². The van der Waals surface area contributed by atoms with E-state index in [9.17, 15) is 22.0 Å². The van der Waals surface area contributed by atoms with Gasteiger partial charge in [0.2, 0.25) is 21.0 Å². The minimum absolute atomic E-state index is 0.0262. The van der Waals surface area contributed by atoms with Crippen LogP contribution in [0.15, 0.2) is 121 Å². The lowest BCUT2D eigenvalue weighted by Crippen LogP contribution is -2.49. The third kappa shape index (κ3) is 7.19. The lowest BCUT2D eigenvalue weighted by atomic mass is 9.77. The van der Waals surface area contributed by atoms with Crippen molar-refractivity contribution in [2.45, 2.75) is 48.3 Å². The number of anilines is 1. The highest BCUT2D eigenvalue weighted by Gasteiger charge is 2.42. The molecule has 2 saturated heterocycles. The SMILES string of the molecule is CC1(NS(=O)(=O)c2cc(N3CCN(C(=O)c4cn(C(c5ccccc5)(c5ccccc5)c5ccccc5)cn4)CC3)c3c(OC4COC4)nn(-c4nnc(C(F)F)s4)c3c2)CC1. The molecular weight excluding hydrogens is 837 g/mol. The quantitative estimate of drug-likeness (QED) is 0.129. The summed E-state index contributed by atoms with van der Waals surface area (Å²) in [6, 6.07) is 33.5. The topological polar surface area (TPSA) is 150 Å². The highest BCUT2D eigenvalue weighted by molar-refractivity contribution is 7.89. The van der Waals surface area contributed by atoms with E-state index < -0.39 is 32.5 Å². The van der Waals surface area contributed by atoms with Crippen LogP contribution >= 0.6 is 11.3 Å². The van der Waals surface area contributed by atoms with Crippen molar-refractivity contribution in [2.24, 2.45) is 0 Å². The molecule has 1 aliphatic carbocycles. The van der Waals surface area contributed by atoms with Crippen molar-refractivity contribution < 1.29 is 31.5 Å². The molecule has 62 heavy (non-hydrogen) atoms. The van der Waals surface area contributed by atoms with E-state index in [1.165, 1.54) is 10.7 Å². The number of amides is 1. The number of benzene rings is 4. The number of carbonyl (C=O) groups excluding carboxylic acids is 1. The van der Waals surface area contributed by atoms with Crippen LogP contribution in [0.3, 0.4) is 0 Å². The number of alkyl halides is 2. The third-order valence-corrected chi connectivity index (χ3v) is 14.3. The normalized spacial score (nSPS) is 16.8. The van der Waals surface area contributed by atoms with E-state index in [0.29, 0.717) is 67.1 Å². The summed E-state index contributed by atoms with van der Waals surface area (Å²) in [5, 5.41) is 12.3. The van der Waals surface area contributed by atoms with Crippen molar-refractivity contribution >= 4 is 43.9 Å². The number of ether oxygens (including phenoxy) is 2. The minimum atomic E-state index is -4.06. The van der Waals surface area contributed by atoms with Gasteiger partial charge in [-0.1, -0.05) is 102 Å². The molecular formula is C44H41F2N9O5S2. The first-order valence-electron chi connectivity index (χ1n) is 20.2. The predicted molar refractivity (Wildman–Crippen MR) is 228 cm³/mol. The van der Waals surface area contributed by atoms with E-state index in [4.69, 9.17) is 14.5 Å². The van der Waals surface area contributed by atoms with Crippen LogP contribution in [0.4, 0.5) is 14.5 Å². The number of hydrogen-bond donors (Lipinski definition) is 1. The summed E-state index contributed by atoms with van der Waals surface area (Å²) in [5.41, 5.74) is 2.64. The van der Waals surface area contributed by atoms with E-state index in [-0.39, 0.29) is 46.7 Å². The number of fused-ring (bicyclic) bond motifs is 1. The average Bonchev–Trinajstić information content (AvgIpc) is 3.67. The number of aromatic nitrogens is 6. The predicted octanol–water partition coefficient (Wildman–Crippen LogP) is 6.42. The van der Waals surface area contributed by atoms with E-state index in [1.807, 2.05) is 77.2 Å². The Hall–Kier alpha value is -6.08. The van der Waals surface area contributed by atoms with Gasteiger partial charge < -0.3 is 23.8 Å². The molecule has 0 atom stereocenters. The Kier molecular flexibility index (Phi) is 10.1. The lowest BCUT2D eigenvalue weighted by molar-refractivity contribution is -0.0808. The van der Waals surface area contributed by atoms with Gasteiger partial charge in [0.05, 0.1) is 41.0 Å². The van der Waals surface area contributed by atoms with E-state index >= 15 is 0 Å². The number of nitrogens with zero attached hydrogens (tertiary/aromatic N) is 8.